The summed E-state index contributed by atoms with van der Waals surface area (Å²) in [6.45, 7) is 1.99. The maximum absolute atomic E-state index is 11.9. The van der Waals surface area contributed by atoms with Gasteiger partial charge in [-0.05, 0) is 24.6 Å². The third kappa shape index (κ3) is 3.28. The Kier molecular flexibility index (Phi) is 4.59. The zero-order valence-corrected chi connectivity index (χ0v) is 11.1. The molecule has 0 aliphatic rings. The molecule has 2 N–H and O–H groups in total. The standard InChI is InChI=1S/C16H15NO3/c1-12-8-10-20-15(12)16(19)17-11-14-6-3-2-5-13(14)7-4-9-18/h2-3,5-6,8,10,18H,9,11H2,1H3,(H,17,19). The van der Waals surface area contributed by atoms with E-state index < -0.39 is 0 Å². The van der Waals surface area contributed by atoms with Crippen LogP contribution >= 0.6 is 0 Å². The van der Waals surface area contributed by atoms with E-state index in [1.807, 2.05) is 31.2 Å². The van der Waals surface area contributed by atoms with Gasteiger partial charge in [0.25, 0.3) is 5.91 Å². The summed E-state index contributed by atoms with van der Waals surface area (Å²) in [5.74, 6) is 5.53. The maximum Gasteiger partial charge on any atom is 0.287 e. The second-order valence-corrected chi connectivity index (χ2v) is 4.23. The predicted octanol–water partition coefficient (Wildman–Crippen LogP) is 1.86. The lowest BCUT2D eigenvalue weighted by atomic mass is 10.1. The Morgan fingerprint density at radius 1 is 1.35 bits per heavy atom. The molecule has 1 aromatic carbocycles. The van der Waals surface area contributed by atoms with Crippen molar-refractivity contribution in [1.29, 1.82) is 0 Å². The molecule has 102 valence electrons. The molecule has 0 aliphatic heterocycles. The number of hydrogen-bond acceptors (Lipinski definition) is 3. The Morgan fingerprint density at radius 2 is 2.15 bits per heavy atom. The normalized spacial score (nSPS) is 9.70. The summed E-state index contributed by atoms with van der Waals surface area (Å²) in [6, 6.07) is 9.22. The van der Waals surface area contributed by atoms with E-state index in [1.165, 1.54) is 6.26 Å². The minimum Gasteiger partial charge on any atom is -0.459 e. The van der Waals surface area contributed by atoms with Gasteiger partial charge in [0, 0.05) is 17.7 Å². The van der Waals surface area contributed by atoms with Crippen molar-refractivity contribution < 1.29 is 14.3 Å². The zero-order chi connectivity index (χ0) is 14.4. The molecular formula is C16H15NO3. The number of rotatable bonds is 3. The summed E-state index contributed by atoms with van der Waals surface area (Å²) in [7, 11) is 0. The topological polar surface area (TPSA) is 62.5 Å². The van der Waals surface area contributed by atoms with Crippen LogP contribution in [0.25, 0.3) is 0 Å². The first-order valence-corrected chi connectivity index (χ1v) is 6.22. The Balaban J connectivity index is 2.08. The number of aliphatic hydroxyl groups is 1. The lowest BCUT2D eigenvalue weighted by Gasteiger charge is -2.06. The van der Waals surface area contributed by atoms with Crippen LogP contribution in [0.2, 0.25) is 0 Å². The lowest BCUT2D eigenvalue weighted by Crippen LogP contribution is -2.23. The van der Waals surface area contributed by atoms with Gasteiger partial charge in [-0.1, -0.05) is 30.0 Å². The first kappa shape index (κ1) is 13.9. The Hall–Kier alpha value is -2.51. The Bertz CT molecular complexity index is 662. The fourth-order valence-electron chi connectivity index (χ4n) is 1.79. The molecule has 0 saturated carbocycles. The van der Waals surface area contributed by atoms with Crippen LogP contribution in [0.4, 0.5) is 0 Å². The van der Waals surface area contributed by atoms with Crippen molar-refractivity contribution in [2.24, 2.45) is 0 Å². The highest BCUT2D eigenvalue weighted by atomic mass is 16.3. The second-order valence-electron chi connectivity index (χ2n) is 4.23. The highest BCUT2D eigenvalue weighted by Crippen LogP contribution is 2.10. The third-order valence-electron chi connectivity index (χ3n) is 2.83. The van der Waals surface area contributed by atoms with E-state index in [4.69, 9.17) is 9.52 Å². The summed E-state index contributed by atoms with van der Waals surface area (Å²) in [5.41, 5.74) is 2.49. The fourth-order valence-corrected chi connectivity index (χ4v) is 1.79. The van der Waals surface area contributed by atoms with E-state index in [2.05, 4.69) is 17.2 Å². The van der Waals surface area contributed by atoms with Crippen LogP contribution in [0.5, 0.6) is 0 Å². The van der Waals surface area contributed by atoms with Gasteiger partial charge in [-0.2, -0.15) is 0 Å². The lowest BCUT2D eigenvalue weighted by molar-refractivity contribution is 0.0922. The molecule has 2 rings (SSSR count). The molecule has 0 aliphatic carbocycles. The number of hydrogen-bond donors (Lipinski definition) is 2. The highest BCUT2D eigenvalue weighted by Gasteiger charge is 2.12. The Morgan fingerprint density at radius 3 is 2.85 bits per heavy atom. The molecular weight excluding hydrogens is 254 g/mol. The molecule has 0 bridgehead atoms. The number of aryl methyl sites for hydroxylation is 1. The Labute approximate surface area is 117 Å². The monoisotopic (exact) mass is 269 g/mol. The number of carbonyl (C=O) groups excluding carboxylic acids is 1. The number of furan rings is 1. The van der Waals surface area contributed by atoms with E-state index >= 15 is 0 Å². The van der Waals surface area contributed by atoms with E-state index in [0.717, 1.165) is 16.7 Å². The van der Waals surface area contributed by atoms with Gasteiger partial charge in [0.1, 0.15) is 6.61 Å². The van der Waals surface area contributed by atoms with E-state index in [0.29, 0.717) is 12.3 Å². The van der Waals surface area contributed by atoms with Gasteiger partial charge in [0.2, 0.25) is 0 Å². The summed E-state index contributed by atoms with van der Waals surface area (Å²) in [4.78, 5) is 11.9. The van der Waals surface area contributed by atoms with Crippen LogP contribution in [-0.4, -0.2) is 17.6 Å². The van der Waals surface area contributed by atoms with Crippen molar-refractivity contribution in [2.75, 3.05) is 6.61 Å². The third-order valence-corrected chi connectivity index (χ3v) is 2.83. The van der Waals surface area contributed by atoms with Crippen LogP contribution in [0.15, 0.2) is 41.0 Å². The van der Waals surface area contributed by atoms with Gasteiger partial charge in [0.15, 0.2) is 5.76 Å². The minimum absolute atomic E-state index is 0.188. The highest BCUT2D eigenvalue weighted by molar-refractivity contribution is 5.92. The van der Waals surface area contributed by atoms with Crippen molar-refractivity contribution in [2.45, 2.75) is 13.5 Å². The predicted molar refractivity (Wildman–Crippen MR) is 75.0 cm³/mol. The molecule has 0 atom stereocenters. The number of carbonyl (C=O) groups is 1. The number of aliphatic hydroxyl groups excluding tert-OH is 1. The average molecular weight is 269 g/mol. The van der Waals surface area contributed by atoms with Gasteiger partial charge in [-0.15, -0.1) is 0 Å². The minimum atomic E-state index is -0.252. The molecule has 4 nitrogen and oxygen atoms in total. The largest absolute Gasteiger partial charge is 0.459 e. The van der Waals surface area contributed by atoms with Crippen LogP contribution in [0, 0.1) is 18.8 Å². The molecule has 20 heavy (non-hydrogen) atoms. The van der Waals surface area contributed by atoms with Crippen LogP contribution in [0.3, 0.4) is 0 Å². The second kappa shape index (κ2) is 6.60. The molecule has 4 heteroatoms. The van der Waals surface area contributed by atoms with Gasteiger partial charge < -0.3 is 14.8 Å². The molecule has 1 heterocycles. The smallest absolute Gasteiger partial charge is 0.287 e. The number of amides is 1. The molecule has 1 amide bonds. The van der Waals surface area contributed by atoms with Crippen LogP contribution < -0.4 is 5.32 Å². The zero-order valence-electron chi connectivity index (χ0n) is 11.1. The first-order valence-electron chi connectivity index (χ1n) is 6.22. The van der Waals surface area contributed by atoms with Crippen molar-refractivity contribution in [3.63, 3.8) is 0 Å². The van der Waals surface area contributed by atoms with Crippen LogP contribution in [-0.2, 0) is 6.54 Å². The van der Waals surface area contributed by atoms with E-state index in [1.54, 1.807) is 6.07 Å². The van der Waals surface area contributed by atoms with Gasteiger partial charge in [-0.3, -0.25) is 4.79 Å². The van der Waals surface area contributed by atoms with E-state index in [-0.39, 0.29) is 12.5 Å². The summed E-state index contributed by atoms with van der Waals surface area (Å²) in [5, 5.41) is 11.5. The average Bonchev–Trinajstić information content (AvgIpc) is 2.89. The first-order chi connectivity index (χ1) is 9.72. The molecule has 0 radical (unpaired) electrons. The molecule has 1 aromatic heterocycles. The summed E-state index contributed by atoms with van der Waals surface area (Å²) in [6.07, 6.45) is 1.49. The molecule has 0 saturated heterocycles. The quantitative estimate of drug-likeness (QED) is 0.836. The summed E-state index contributed by atoms with van der Waals surface area (Å²) < 4.78 is 5.14. The van der Waals surface area contributed by atoms with Gasteiger partial charge in [-0.25, -0.2) is 0 Å². The van der Waals surface area contributed by atoms with Crippen molar-refractivity contribution in [1.82, 2.24) is 5.32 Å². The number of nitrogens with one attached hydrogen (secondary N) is 1. The molecule has 0 spiro atoms. The molecule has 0 fully saturated rings. The van der Waals surface area contributed by atoms with E-state index in [9.17, 15) is 4.79 Å². The molecule has 2 aromatic rings. The van der Waals surface area contributed by atoms with Crippen molar-refractivity contribution >= 4 is 5.91 Å². The summed E-state index contributed by atoms with van der Waals surface area (Å²) >= 11 is 0. The van der Waals surface area contributed by atoms with Crippen molar-refractivity contribution in [3.8, 4) is 11.8 Å². The number of benzene rings is 1. The van der Waals surface area contributed by atoms with Gasteiger partial charge in [0.05, 0.1) is 6.26 Å². The molecule has 0 unspecified atom stereocenters. The van der Waals surface area contributed by atoms with Crippen molar-refractivity contribution in [3.05, 3.63) is 59.0 Å². The fraction of sp³-hybridized carbons (Fsp3) is 0.188. The van der Waals surface area contributed by atoms with Gasteiger partial charge >= 0.3 is 0 Å². The SMILES string of the molecule is Cc1ccoc1C(=O)NCc1ccccc1C#CCO. The van der Waals surface area contributed by atoms with Crippen LogP contribution in [0.1, 0.15) is 27.2 Å². The maximum atomic E-state index is 11.9.